The maximum absolute atomic E-state index is 13.2. The molecule has 3 aromatic rings. The van der Waals surface area contributed by atoms with Crippen LogP contribution in [0.3, 0.4) is 0 Å². The average molecular weight is 359 g/mol. The minimum Gasteiger partial charge on any atom is -0.494 e. The Labute approximate surface area is 158 Å². The van der Waals surface area contributed by atoms with Crippen LogP contribution in [0.1, 0.15) is 47.5 Å². The number of hydrogen-bond acceptors (Lipinski definition) is 5. The third-order valence-corrected chi connectivity index (χ3v) is 5.08. The van der Waals surface area contributed by atoms with Crippen LogP contribution in [0.5, 0.6) is 5.75 Å². The average Bonchev–Trinajstić information content (AvgIpc) is 3.03. The van der Waals surface area contributed by atoms with Gasteiger partial charge >= 0.3 is 0 Å². The summed E-state index contributed by atoms with van der Waals surface area (Å²) in [6, 6.07) is 10.8. The topological polar surface area (TPSA) is 68.9 Å². The van der Waals surface area contributed by atoms with Gasteiger partial charge in [-0.3, -0.25) is 4.79 Å². The van der Waals surface area contributed by atoms with E-state index in [0.717, 1.165) is 10.9 Å². The molecule has 6 heteroatoms. The van der Waals surface area contributed by atoms with Gasteiger partial charge in [-0.25, -0.2) is 0 Å². The van der Waals surface area contributed by atoms with Gasteiger partial charge in [0.15, 0.2) is 5.78 Å². The summed E-state index contributed by atoms with van der Waals surface area (Å²) in [5.74, 6) is 1.24. The highest BCUT2D eigenvalue weighted by Gasteiger charge is 2.41. The van der Waals surface area contributed by atoms with Crippen molar-refractivity contribution in [2.45, 2.75) is 25.7 Å². The lowest BCUT2D eigenvalue weighted by Gasteiger charge is -2.30. The number of nitroso groups, excluding NO2 is 1. The van der Waals surface area contributed by atoms with E-state index in [-0.39, 0.29) is 12.3 Å². The Morgan fingerprint density at radius 3 is 2.78 bits per heavy atom. The van der Waals surface area contributed by atoms with E-state index in [2.05, 4.69) is 5.18 Å². The number of ether oxygens (including phenoxy) is 1. The molecule has 2 radical (unpaired) electrons. The maximum Gasteiger partial charge on any atom is 0.197 e. The molecule has 1 aliphatic carbocycles. The Morgan fingerprint density at radius 2 is 2.00 bits per heavy atom. The molecule has 1 aliphatic rings. The molecule has 0 fully saturated rings. The van der Waals surface area contributed by atoms with Crippen LogP contribution in [-0.2, 0) is 5.41 Å². The van der Waals surface area contributed by atoms with Crippen molar-refractivity contribution in [1.29, 1.82) is 0 Å². The highest BCUT2D eigenvalue weighted by molar-refractivity contribution is 6.33. The maximum atomic E-state index is 13.2. The van der Waals surface area contributed by atoms with Gasteiger partial charge in [-0.2, -0.15) is 4.91 Å². The van der Waals surface area contributed by atoms with Gasteiger partial charge in [0.1, 0.15) is 24.9 Å². The first-order valence-electron chi connectivity index (χ1n) is 8.87. The minimum absolute atomic E-state index is 0.0560. The van der Waals surface area contributed by atoms with Gasteiger partial charge in [0.25, 0.3) is 0 Å². The molecule has 1 heterocycles. The van der Waals surface area contributed by atoms with E-state index in [9.17, 15) is 9.70 Å². The third kappa shape index (κ3) is 2.76. The predicted octanol–water partition coefficient (Wildman–Crippen LogP) is 3.63. The SMILES string of the molecule is [B]c1ccc2c3c(oc2c1)C(C)(C)c1cc(OCCCN=O)ccc1C3=O. The number of ketones is 1. The highest BCUT2D eigenvalue weighted by atomic mass is 16.5. The largest absolute Gasteiger partial charge is 0.494 e. The fourth-order valence-electron chi connectivity index (χ4n) is 3.68. The molecule has 0 bridgehead atoms. The van der Waals surface area contributed by atoms with Gasteiger partial charge in [-0.05, 0) is 43.7 Å². The van der Waals surface area contributed by atoms with Gasteiger partial charge in [-0.1, -0.05) is 22.8 Å². The molecular weight excluding hydrogens is 341 g/mol. The van der Waals surface area contributed by atoms with Crippen LogP contribution in [0.2, 0.25) is 0 Å². The molecule has 5 nitrogen and oxygen atoms in total. The van der Waals surface area contributed by atoms with Crippen LogP contribution in [0, 0.1) is 4.91 Å². The standard InChI is InChI=1S/C21H18BNO4/c1-21(2)16-11-13(26-9-3-8-23-25)5-7-14(16)19(24)18-15-6-4-12(22)10-17(15)27-20(18)21/h4-7,10-11H,3,8-9H2,1-2H3. The smallest absolute Gasteiger partial charge is 0.197 e. The molecule has 2 aromatic carbocycles. The van der Waals surface area contributed by atoms with Crippen molar-refractivity contribution >= 4 is 30.1 Å². The fraction of sp³-hybridized carbons (Fsp3) is 0.286. The number of fused-ring (bicyclic) bond motifs is 4. The van der Waals surface area contributed by atoms with E-state index in [1.807, 2.05) is 26.0 Å². The summed E-state index contributed by atoms with van der Waals surface area (Å²) in [4.78, 5) is 23.4. The molecule has 0 N–H and O–H groups in total. The molecule has 0 saturated heterocycles. The zero-order valence-corrected chi connectivity index (χ0v) is 15.2. The van der Waals surface area contributed by atoms with Crippen LogP contribution >= 0.6 is 0 Å². The number of benzene rings is 2. The summed E-state index contributed by atoms with van der Waals surface area (Å²) in [5.41, 5.74) is 2.82. The van der Waals surface area contributed by atoms with Crippen molar-refractivity contribution in [3.05, 3.63) is 63.8 Å². The van der Waals surface area contributed by atoms with Crippen molar-refractivity contribution in [2.75, 3.05) is 13.2 Å². The molecular formula is C21H18BNO4. The summed E-state index contributed by atoms with van der Waals surface area (Å²) in [6.07, 6.45) is 0.554. The summed E-state index contributed by atoms with van der Waals surface area (Å²) < 4.78 is 11.8. The van der Waals surface area contributed by atoms with E-state index in [4.69, 9.17) is 17.0 Å². The number of rotatable bonds is 5. The lowest BCUT2D eigenvalue weighted by atomic mass is 9.71. The first kappa shape index (κ1) is 17.5. The summed E-state index contributed by atoms with van der Waals surface area (Å²) in [7, 11) is 5.87. The Hall–Kier alpha value is -2.89. The van der Waals surface area contributed by atoms with Gasteiger partial charge in [0.2, 0.25) is 0 Å². The van der Waals surface area contributed by atoms with Gasteiger partial charge in [0, 0.05) is 22.8 Å². The Balaban J connectivity index is 1.79. The van der Waals surface area contributed by atoms with Crippen LogP contribution in [0.25, 0.3) is 11.0 Å². The molecule has 0 amide bonds. The lowest BCUT2D eigenvalue weighted by Crippen LogP contribution is -2.29. The van der Waals surface area contributed by atoms with Crippen molar-refractivity contribution in [2.24, 2.45) is 5.18 Å². The van der Waals surface area contributed by atoms with Gasteiger partial charge < -0.3 is 9.15 Å². The molecule has 0 saturated carbocycles. The zero-order valence-electron chi connectivity index (χ0n) is 15.2. The molecule has 1 aromatic heterocycles. The molecule has 0 aliphatic heterocycles. The number of hydrogen-bond donors (Lipinski definition) is 0. The minimum atomic E-state index is -0.504. The second-order valence-corrected chi connectivity index (χ2v) is 7.28. The van der Waals surface area contributed by atoms with E-state index in [1.165, 1.54) is 0 Å². The monoisotopic (exact) mass is 359 g/mol. The van der Waals surface area contributed by atoms with Crippen LogP contribution in [-0.4, -0.2) is 26.8 Å². The number of nitrogens with zero attached hydrogens (tertiary/aromatic N) is 1. The summed E-state index contributed by atoms with van der Waals surface area (Å²) >= 11 is 0. The Kier molecular flexibility index (Phi) is 4.14. The quantitative estimate of drug-likeness (QED) is 0.396. The molecule has 27 heavy (non-hydrogen) atoms. The van der Waals surface area contributed by atoms with E-state index in [1.54, 1.807) is 24.3 Å². The summed E-state index contributed by atoms with van der Waals surface area (Å²) in [6.45, 7) is 4.68. The first-order valence-corrected chi connectivity index (χ1v) is 8.87. The van der Waals surface area contributed by atoms with Crippen LogP contribution in [0.4, 0.5) is 0 Å². The summed E-state index contributed by atoms with van der Waals surface area (Å²) in [5, 5.41) is 3.61. The molecule has 0 unspecified atom stereocenters. The highest BCUT2D eigenvalue weighted by Crippen LogP contribution is 2.46. The molecule has 4 rings (SSSR count). The van der Waals surface area contributed by atoms with Crippen molar-refractivity contribution in [3.8, 4) is 5.75 Å². The normalized spacial score (nSPS) is 14.7. The predicted molar refractivity (Wildman–Crippen MR) is 104 cm³/mol. The van der Waals surface area contributed by atoms with E-state index in [0.29, 0.717) is 46.7 Å². The zero-order chi connectivity index (χ0) is 19.2. The number of carbonyl (C=O) groups is 1. The second-order valence-electron chi connectivity index (χ2n) is 7.28. The lowest BCUT2D eigenvalue weighted by molar-refractivity contribution is 0.102. The molecule has 134 valence electrons. The van der Waals surface area contributed by atoms with Crippen molar-refractivity contribution in [1.82, 2.24) is 0 Å². The fourth-order valence-corrected chi connectivity index (χ4v) is 3.68. The third-order valence-electron chi connectivity index (χ3n) is 5.08. The Morgan fingerprint density at radius 1 is 1.19 bits per heavy atom. The van der Waals surface area contributed by atoms with Gasteiger partial charge in [-0.15, -0.1) is 0 Å². The number of carbonyl (C=O) groups excluding carboxylic acids is 1. The first-order chi connectivity index (χ1) is 12.9. The number of furan rings is 1. The van der Waals surface area contributed by atoms with Crippen molar-refractivity contribution in [3.63, 3.8) is 0 Å². The van der Waals surface area contributed by atoms with Gasteiger partial charge in [0.05, 0.1) is 18.7 Å². The van der Waals surface area contributed by atoms with E-state index < -0.39 is 5.41 Å². The van der Waals surface area contributed by atoms with E-state index >= 15 is 0 Å². The van der Waals surface area contributed by atoms with Crippen LogP contribution in [0.15, 0.2) is 46.0 Å². The Bertz CT molecular complexity index is 1070. The molecule has 0 spiro atoms. The second kappa shape index (κ2) is 6.37. The van der Waals surface area contributed by atoms with Crippen LogP contribution < -0.4 is 10.2 Å². The molecule has 0 atom stereocenters. The van der Waals surface area contributed by atoms with Crippen molar-refractivity contribution < 1.29 is 13.9 Å².